The second-order valence-corrected chi connectivity index (χ2v) is 7.45. The third-order valence-corrected chi connectivity index (χ3v) is 5.18. The molecule has 7 nitrogen and oxygen atoms in total. The van der Waals surface area contributed by atoms with E-state index in [1.54, 1.807) is 37.3 Å². The maximum Gasteiger partial charge on any atom is 0.306 e. The monoisotopic (exact) mass is 360 g/mol. The van der Waals surface area contributed by atoms with Crippen molar-refractivity contribution in [3.05, 3.63) is 54.2 Å². The molecule has 1 aromatic heterocycles. The molecule has 1 heterocycles. The lowest BCUT2D eigenvalue weighted by Gasteiger charge is -2.10. The van der Waals surface area contributed by atoms with Crippen LogP contribution in [0.15, 0.2) is 58.1 Å². The van der Waals surface area contributed by atoms with Crippen LogP contribution in [0.3, 0.4) is 0 Å². The third-order valence-electron chi connectivity index (χ3n) is 3.80. The Labute approximate surface area is 144 Å². The molecule has 0 saturated heterocycles. The van der Waals surface area contributed by atoms with Crippen LogP contribution in [0.2, 0.25) is 0 Å². The van der Waals surface area contributed by atoms with Gasteiger partial charge in [-0.3, -0.25) is 9.52 Å². The first kappa shape index (κ1) is 17.0. The summed E-state index contributed by atoms with van der Waals surface area (Å²) < 4.78 is 32.4. The molecule has 0 fully saturated rings. The molecule has 0 radical (unpaired) electrons. The number of nitrogens with one attached hydrogen (secondary N) is 1. The van der Waals surface area contributed by atoms with E-state index in [9.17, 15) is 13.2 Å². The summed E-state index contributed by atoms with van der Waals surface area (Å²) in [5.41, 5.74) is 1.73. The molecule has 0 aliphatic carbocycles. The van der Waals surface area contributed by atoms with Gasteiger partial charge in [-0.2, -0.15) is 0 Å². The largest absolute Gasteiger partial charge is 0.481 e. The first-order chi connectivity index (χ1) is 11.8. The normalized spacial score (nSPS) is 12.8. The molecule has 0 bridgehead atoms. The minimum absolute atomic E-state index is 0.103. The first-order valence-electron chi connectivity index (χ1n) is 7.54. The van der Waals surface area contributed by atoms with Gasteiger partial charge in [0.05, 0.1) is 17.0 Å². The molecule has 0 saturated carbocycles. The molecule has 1 unspecified atom stereocenters. The van der Waals surface area contributed by atoms with Gasteiger partial charge in [-0.1, -0.05) is 24.2 Å². The van der Waals surface area contributed by atoms with Crippen LogP contribution in [-0.2, 0) is 21.2 Å². The zero-order valence-electron chi connectivity index (χ0n) is 13.3. The molecule has 0 spiro atoms. The van der Waals surface area contributed by atoms with E-state index in [0.29, 0.717) is 23.1 Å². The molecule has 2 N–H and O–H groups in total. The predicted octanol–water partition coefficient (Wildman–Crippen LogP) is 2.89. The Morgan fingerprint density at radius 2 is 1.96 bits per heavy atom. The van der Waals surface area contributed by atoms with E-state index in [-0.39, 0.29) is 4.90 Å². The fourth-order valence-electron chi connectivity index (χ4n) is 2.38. The number of benzene rings is 2. The minimum Gasteiger partial charge on any atom is -0.481 e. The van der Waals surface area contributed by atoms with Gasteiger partial charge >= 0.3 is 5.97 Å². The zero-order chi connectivity index (χ0) is 18.0. The topological polar surface area (TPSA) is 110 Å². The van der Waals surface area contributed by atoms with Crippen LogP contribution in [0.1, 0.15) is 12.5 Å². The lowest BCUT2D eigenvalue weighted by molar-refractivity contribution is -0.141. The van der Waals surface area contributed by atoms with Crippen LogP contribution in [0, 0.1) is 5.92 Å². The summed E-state index contributed by atoms with van der Waals surface area (Å²) in [6.07, 6.45) is 1.83. The Bertz CT molecular complexity index is 1010. The second-order valence-electron chi connectivity index (χ2n) is 5.77. The van der Waals surface area contributed by atoms with Crippen LogP contribution in [-0.4, -0.2) is 24.7 Å². The van der Waals surface area contributed by atoms with Gasteiger partial charge in [0, 0.05) is 11.1 Å². The summed E-state index contributed by atoms with van der Waals surface area (Å²) in [4.78, 5) is 11.0. The average Bonchev–Trinajstić information content (AvgIpc) is 3.04. The first-order valence-corrected chi connectivity index (χ1v) is 9.02. The smallest absolute Gasteiger partial charge is 0.306 e. The van der Waals surface area contributed by atoms with Gasteiger partial charge in [-0.05, 0) is 42.3 Å². The molecule has 3 rings (SSSR count). The summed E-state index contributed by atoms with van der Waals surface area (Å²) in [5, 5.41) is 13.2. The van der Waals surface area contributed by atoms with Gasteiger partial charge in [-0.25, -0.2) is 8.42 Å². The lowest BCUT2D eigenvalue weighted by atomic mass is 10.0. The van der Waals surface area contributed by atoms with Gasteiger partial charge in [-0.15, -0.1) is 0 Å². The number of hydrogen-bond donors (Lipinski definition) is 2. The highest BCUT2D eigenvalue weighted by Gasteiger charge is 2.16. The Balaban J connectivity index is 1.77. The van der Waals surface area contributed by atoms with E-state index in [1.807, 2.05) is 0 Å². The summed E-state index contributed by atoms with van der Waals surface area (Å²) >= 11 is 0. The summed E-state index contributed by atoms with van der Waals surface area (Å²) in [5.74, 6) is -1.37. The molecule has 0 amide bonds. The number of nitrogens with zero attached hydrogens (tertiary/aromatic N) is 1. The summed E-state index contributed by atoms with van der Waals surface area (Å²) in [6, 6.07) is 11.1. The highest BCUT2D eigenvalue weighted by molar-refractivity contribution is 7.92. The van der Waals surface area contributed by atoms with Crippen molar-refractivity contribution in [3.63, 3.8) is 0 Å². The number of fused-ring (bicyclic) bond motifs is 1. The SMILES string of the molecule is CC(Cc1ccc(NS(=O)(=O)c2ccc3oncc3c2)cc1)C(=O)O. The predicted molar refractivity (Wildman–Crippen MR) is 91.8 cm³/mol. The van der Waals surface area contributed by atoms with Crippen molar-refractivity contribution in [3.8, 4) is 0 Å². The lowest BCUT2D eigenvalue weighted by Crippen LogP contribution is -2.13. The van der Waals surface area contributed by atoms with Gasteiger partial charge < -0.3 is 9.63 Å². The molecule has 2 aromatic carbocycles. The molecular formula is C17H16N2O5S. The van der Waals surface area contributed by atoms with Crippen LogP contribution < -0.4 is 4.72 Å². The Kier molecular flexibility index (Phi) is 4.45. The molecule has 1 atom stereocenters. The van der Waals surface area contributed by atoms with Gasteiger partial charge in [0.15, 0.2) is 5.58 Å². The Morgan fingerprint density at radius 3 is 2.64 bits per heavy atom. The van der Waals surface area contributed by atoms with Crippen molar-refractivity contribution in [2.24, 2.45) is 5.92 Å². The van der Waals surface area contributed by atoms with Crippen molar-refractivity contribution >= 4 is 32.6 Å². The van der Waals surface area contributed by atoms with E-state index in [0.717, 1.165) is 5.56 Å². The molecule has 3 aromatic rings. The Hall–Kier alpha value is -2.87. The van der Waals surface area contributed by atoms with E-state index in [1.165, 1.54) is 18.3 Å². The summed E-state index contributed by atoms with van der Waals surface area (Å²) in [6.45, 7) is 1.62. The number of anilines is 1. The van der Waals surface area contributed by atoms with E-state index < -0.39 is 21.9 Å². The number of carbonyl (C=O) groups is 1. The summed E-state index contributed by atoms with van der Waals surface area (Å²) in [7, 11) is -3.75. The van der Waals surface area contributed by atoms with Gasteiger partial charge in [0.2, 0.25) is 0 Å². The van der Waals surface area contributed by atoms with Gasteiger partial charge in [0.1, 0.15) is 0 Å². The van der Waals surface area contributed by atoms with E-state index in [2.05, 4.69) is 9.88 Å². The highest BCUT2D eigenvalue weighted by Crippen LogP contribution is 2.22. The zero-order valence-corrected chi connectivity index (χ0v) is 14.2. The average molecular weight is 360 g/mol. The second kappa shape index (κ2) is 6.56. The number of carboxylic acids is 1. The molecule has 8 heteroatoms. The van der Waals surface area contributed by atoms with Crippen LogP contribution in [0.4, 0.5) is 5.69 Å². The number of sulfonamides is 1. The number of carboxylic acid groups (broad SMARTS) is 1. The number of rotatable bonds is 6. The standard InChI is InChI=1S/C17H16N2O5S/c1-11(17(20)21)8-12-2-4-14(5-3-12)19-25(22,23)15-6-7-16-13(9-15)10-18-24-16/h2-7,9-11,19H,8H2,1H3,(H,20,21). The van der Waals surface area contributed by atoms with Crippen LogP contribution in [0.25, 0.3) is 11.0 Å². The van der Waals surface area contributed by atoms with E-state index >= 15 is 0 Å². The van der Waals surface area contributed by atoms with Crippen molar-refractivity contribution < 1.29 is 22.8 Å². The van der Waals surface area contributed by atoms with Gasteiger partial charge in [0.25, 0.3) is 10.0 Å². The van der Waals surface area contributed by atoms with Crippen molar-refractivity contribution in [2.45, 2.75) is 18.2 Å². The number of aromatic nitrogens is 1. The van der Waals surface area contributed by atoms with Crippen LogP contribution >= 0.6 is 0 Å². The number of aliphatic carboxylic acids is 1. The Morgan fingerprint density at radius 1 is 1.24 bits per heavy atom. The maximum absolute atomic E-state index is 12.5. The molecule has 0 aliphatic rings. The van der Waals surface area contributed by atoms with Crippen molar-refractivity contribution in [2.75, 3.05) is 4.72 Å². The maximum atomic E-state index is 12.5. The highest BCUT2D eigenvalue weighted by atomic mass is 32.2. The molecule has 25 heavy (non-hydrogen) atoms. The molecular weight excluding hydrogens is 344 g/mol. The van der Waals surface area contributed by atoms with E-state index in [4.69, 9.17) is 9.63 Å². The molecule has 0 aliphatic heterocycles. The number of hydrogen-bond acceptors (Lipinski definition) is 5. The molecule has 130 valence electrons. The van der Waals surface area contributed by atoms with Crippen molar-refractivity contribution in [1.29, 1.82) is 0 Å². The minimum atomic E-state index is -3.75. The quantitative estimate of drug-likeness (QED) is 0.699. The van der Waals surface area contributed by atoms with Crippen LogP contribution in [0.5, 0.6) is 0 Å². The fourth-order valence-corrected chi connectivity index (χ4v) is 3.47. The third kappa shape index (κ3) is 3.80. The van der Waals surface area contributed by atoms with Crippen molar-refractivity contribution in [1.82, 2.24) is 5.16 Å². The fraction of sp³-hybridized carbons (Fsp3) is 0.176.